The zero-order valence-corrected chi connectivity index (χ0v) is 15.7. The van der Waals surface area contributed by atoms with E-state index in [1.54, 1.807) is 6.20 Å². The van der Waals surface area contributed by atoms with Crippen LogP contribution < -0.4 is 5.32 Å². The van der Waals surface area contributed by atoms with Crippen LogP contribution in [0.1, 0.15) is 28.5 Å². The van der Waals surface area contributed by atoms with Crippen LogP contribution in [0.4, 0.5) is 0 Å². The van der Waals surface area contributed by atoms with Gasteiger partial charge in [0.15, 0.2) is 0 Å². The van der Waals surface area contributed by atoms with Crippen LogP contribution in [0.15, 0.2) is 79.0 Å². The van der Waals surface area contributed by atoms with E-state index in [0.717, 1.165) is 23.4 Å². The van der Waals surface area contributed by atoms with Crippen molar-refractivity contribution < 1.29 is 15.2 Å². The van der Waals surface area contributed by atoms with Gasteiger partial charge < -0.3 is 15.2 Å². The SMILES string of the molecule is Cc1ccccc1[C@H](OC[C@@H](O)C[NH2+]Cc1ccccn1)c1ccccc1. The van der Waals surface area contributed by atoms with Crippen LogP contribution in [-0.4, -0.2) is 29.3 Å². The molecule has 0 spiro atoms. The molecule has 140 valence electrons. The third-order valence-corrected chi connectivity index (χ3v) is 4.55. The average Bonchev–Trinajstić information content (AvgIpc) is 2.71. The lowest BCUT2D eigenvalue weighted by molar-refractivity contribution is -0.677. The number of quaternary nitrogens is 1. The number of aliphatic hydroxyl groups is 1. The molecule has 2 atom stereocenters. The van der Waals surface area contributed by atoms with Gasteiger partial charge in [-0.2, -0.15) is 0 Å². The van der Waals surface area contributed by atoms with Gasteiger partial charge in [0.25, 0.3) is 0 Å². The lowest BCUT2D eigenvalue weighted by Gasteiger charge is -2.22. The number of aliphatic hydroxyl groups excluding tert-OH is 1. The van der Waals surface area contributed by atoms with Crippen molar-refractivity contribution in [1.82, 2.24) is 4.98 Å². The Morgan fingerprint density at radius 1 is 0.963 bits per heavy atom. The van der Waals surface area contributed by atoms with E-state index in [9.17, 15) is 5.11 Å². The Kier molecular flexibility index (Phi) is 7.11. The van der Waals surface area contributed by atoms with Gasteiger partial charge in [-0.15, -0.1) is 0 Å². The van der Waals surface area contributed by atoms with E-state index in [4.69, 9.17) is 4.74 Å². The van der Waals surface area contributed by atoms with E-state index in [2.05, 4.69) is 41.5 Å². The van der Waals surface area contributed by atoms with Gasteiger partial charge in [0.2, 0.25) is 0 Å². The Morgan fingerprint density at radius 2 is 1.70 bits per heavy atom. The molecule has 4 nitrogen and oxygen atoms in total. The normalized spacial score (nSPS) is 13.3. The number of nitrogens with two attached hydrogens (primary N) is 1. The highest BCUT2D eigenvalue weighted by molar-refractivity contribution is 5.35. The van der Waals surface area contributed by atoms with Crippen molar-refractivity contribution in [1.29, 1.82) is 0 Å². The highest BCUT2D eigenvalue weighted by Crippen LogP contribution is 2.28. The molecule has 3 N–H and O–H groups in total. The third-order valence-electron chi connectivity index (χ3n) is 4.55. The van der Waals surface area contributed by atoms with E-state index in [-0.39, 0.29) is 12.7 Å². The summed E-state index contributed by atoms with van der Waals surface area (Å²) in [6.45, 7) is 3.70. The maximum Gasteiger partial charge on any atom is 0.126 e. The minimum Gasteiger partial charge on any atom is -0.385 e. The van der Waals surface area contributed by atoms with Gasteiger partial charge in [-0.05, 0) is 35.7 Å². The van der Waals surface area contributed by atoms with Crippen molar-refractivity contribution in [3.63, 3.8) is 0 Å². The molecule has 0 aliphatic carbocycles. The summed E-state index contributed by atoms with van der Waals surface area (Å²) in [6.07, 6.45) is 1.07. The number of hydrogen-bond acceptors (Lipinski definition) is 3. The zero-order chi connectivity index (χ0) is 18.9. The van der Waals surface area contributed by atoms with Crippen molar-refractivity contribution in [2.45, 2.75) is 25.7 Å². The van der Waals surface area contributed by atoms with Crippen molar-refractivity contribution in [2.75, 3.05) is 13.2 Å². The summed E-state index contributed by atoms with van der Waals surface area (Å²) in [6, 6.07) is 24.3. The van der Waals surface area contributed by atoms with Crippen molar-refractivity contribution >= 4 is 0 Å². The number of hydrogen-bond donors (Lipinski definition) is 2. The molecule has 3 rings (SSSR count). The Hall–Kier alpha value is -2.53. The summed E-state index contributed by atoms with van der Waals surface area (Å²) >= 11 is 0. The van der Waals surface area contributed by atoms with Gasteiger partial charge in [0.05, 0.1) is 12.3 Å². The Morgan fingerprint density at radius 3 is 2.44 bits per heavy atom. The number of rotatable bonds is 9. The molecule has 0 unspecified atom stereocenters. The van der Waals surface area contributed by atoms with Gasteiger partial charge in [-0.1, -0.05) is 60.7 Å². The summed E-state index contributed by atoms with van der Waals surface area (Å²) in [5.41, 5.74) is 4.42. The number of benzene rings is 2. The fourth-order valence-electron chi connectivity index (χ4n) is 3.09. The molecular weight excluding hydrogens is 336 g/mol. The average molecular weight is 363 g/mol. The molecule has 0 bridgehead atoms. The largest absolute Gasteiger partial charge is 0.385 e. The first-order valence-electron chi connectivity index (χ1n) is 9.35. The van der Waals surface area contributed by atoms with E-state index < -0.39 is 6.10 Å². The van der Waals surface area contributed by atoms with Crippen LogP contribution in [0.2, 0.25) is 0 Å². The molecule has 0 saturated heterocycles. The summed E-state index contributed by atoms with van der Waals surface area (Å²) < 4.78 is 6.17. The first-order valence-corrected chi connectivity index (χ1v) is 9.35. The monoisotopic (exact) mass is 363 g/mol. The maximum atomic E-state index is 10.4. The zero-order valence-electron chi connectivity index (χ0n) is 15.7. The van der Waals surface area contributed by atoms with Gasteiger partial charge >= 0.3 is 0 Å². The Balaban J connectivity index is 1.59. The molecule has 0 fully saturated rings. The summed E-state index contributed by atoms with van der Waals surface area (Å²) in [5, 5.41) is 12.4. The summed E-state index contributed by atoms with van der Waals surface area (Å²) in [7, 11) is 0. The predicted molar refractivity (Wildman–Crippen MR) is 106 cm³/mol. The van der Waals surface area contributed by atoms with E-state index in [1.165, 1.54) is 5.56 Å². The second-order valence-electron chi connectivity index (χ2n) is 6.68. The minimum absolute atomic E-state index is 0.183. The number of nitrogens with zero attached hydrogens (tertiary/aromatic N) is 1. The molecule has 0 amide bonds. The molecule has 4 heteroatoms. The fourth-order valence-corrected chi connectivity index (χ4v) is 3.09. The molecule has 2 aromatic carbocycles. The third kappa shape index (κ3) is 5.73. The fraction of sp³-hybridized carbons (Fsp3) is 0.261. The lowest BCUT2D eigenvalue weighted by Crippen LogP contribution is -2.85. The molecule has 0 radical (unpaired) electrons. The maximum absolute atomic E-state index is 10.4. The first-order chi connectivity index (χ1) is 13.2. The number of aromatic nitrogens is 1. The number of aryl methyl sites for hydroxylation is 1. The predicted octanol–water partition coefficient (Wildman–Crippen LogP) is 2.62. The highest BCUT2D eigenvalue weighted by atomic mass is 16.5. The molecule has 0 aliphatic rings. The van der Waals surface area contributed by atoms with Gasteiger partial charge in [0.1, 0.15) is 25.3 Å². The molecular formula is C23H27N2O2+. The standard InChI is InChI=1S/C23H26N2O2/c1-18-9-5-6-13-22(18)23(19-10-3-2-4-11-19)27-17-21(26)16-24-15-20-12-7-8-14-25-20/h2-14,21,23-24,26H,15-17H2,1H3/p+1/t21-,23+/m0/s1. The summed E-state index contributed by atoms with van der Waals surface area (Å²) in [4.78, 5) is 4.29. The van der Waals surface area contributed by atoms with Crippen LogP contribution in [0.5, 0.6) is 0 Å². The van der Waals surface area contributed by atoms with Crippen molar-refractivity contribution in [2.24, 2.45) is 0 Å². The highest BCUT2D eigenvalue weighted by Gasteiger charge is 2.18. The first kappa shape index (κ1) is 19.2. The van der Waals surface area contributed by atoms with Crippen LogP contribution in [0, 0.1) is 6.92 Å². The quantitative estimate of drug-likeness (QED) is 0.614. The van der Waals surface area contributed by atoms with Gasteiger partial charge in [-0.25, -0.2) is 0 Å². The Labute approximate surface area is 160 Å². The van der Waals surface area contributed by atoms with Crippen LogP contribution in [0.3, 0.4) is 0 Å². The molecule has 1 aromatic heterocycles. The van der Waals surface area contributed by atoms with E-state index >= 15 is 0 Å². The number of pyridine rings is 1. The number of ether oxygens (including phenoxy) is 1. The van der Waals surface area contributed by atoms with Crippen LogP contribution in [0.25, 0.3) is 0 Å². The molecule has 3 aromatic rings. The van der Waals surface area contributed by atoms with Gasteiger partial charge in [-0.3, -0.25) is 4.98 Å². The second kappa shape index (κ2) is 9.97. The van der Waals surface area contributed by atoms with Crippen molar-refractivity contribution in [3.05, 3.63) is 101 Å². The van der Waals surface area contributed by atoms with Gasteiger partial charge in [0, 0.05) is 6.20 Å². The topological polar surface area (TPSA) is 59.0 Å². The minimum atomic E-state index is -0.538. The molecule has 0 saturated carbocycles. The van der Waals surface area contributed by atoms with E-state index in [1.807, 2.05) is 48.5 Å². The summed E-state index contributed by atoms with van der Waals surface area (Å²) in [5.74, 6) is 0. The smallest absolute Gasteiger partial charge is 0.126 e. The molecule has 1 heterocycles. The van der Waals surface area contributed by atoms with Crippen LogP contribution in [-0.2, 0) is 11.3 Å². The van der Waals surface area contributed by atoms with E-state index in [0.29, 0.717) is 6.54 Å². The van der Waals surface area contributed by atoms with Crippen LogP contribution >= 0.6 is 0 Å². The Bertz CT molecular complexity index is 809. The second-order valence-corrected chi connectivity index (χ2v) is 6.68. The molecule has 0 aliphatic heterocycles. The van der Waals surface area contributed by atoms with Crippen molar-refractivity contribution in [3.8, 4) is 0 Å². The molecule has 27 heavy (non-hydrogen) atoms. The lowest BCUT2D eigenvalue weighted by atomic mass is 9.97.